The summed E-state index contributed by atoms with van der Waals surface area (Å²) in [6.45, 7) is 4.64. The van der Waals surface area contributed by atoms with Crippen LogP contribution in [0.1, 0.15) is 19.3 Å². The number of carbonyl (C=O) groups is 1. The maximum Gasteiger partial charge on any atom is 0.240 e. The molecule has 2 saturated heterocycles. The molecule has 0 N–H and O–H groups in total. The minimum atomic E-state index is 0.103. The van der Waals surface area contributed by atoms with Gasteiger partial charge in [0, 0.05) is 44.5 Å². The Morgan fingerprint density at radius 1 is 0.913 bits per heavy atom. The molecule has 0 spiro atoms. The number of halogens is 2. The van der Waals surface area contributed by atoms with Gasteiger partial charge in [0.15, 0.2) is 0 Å². The predicted molar refractivity (Wildman–Crippen MR) is 93.4 cm³/mol. The third-order valence-electron chi connectivity index (χ3n) is 5.22. The van der Waals surface area contributed by atoms with E-state index in [-0.39, 0.29) is 6.04 Å². The molecule has 1 aliphatic carbocycles. The van der Waals surface area contributed by atoms with E-state index >= 15 is 0 Å². The van der Waals surface area contributed by atoms with Crippen LogP contribution >= 0.6 is 23.2 Å². The summed E-state index contributed by atoms with van der Waals surface area (Å²) in [6, 6.07) is 6.44. The van der Waals surface area contributed by atoms with Crippen molar-refractivity contribution in [2.24, 2.45) is 0 Å². The molecule has 124 valence electrons. The van der Waals surface area contributed by atoms with E-state index in [1.807, 2.05) is 18.2 Å². The van der Waals surface area contributed by atoms with Gasteiger partial charge in [-0.05, 0) is 37.5 Å². The molecular weight excluding hydrogens is 333 g/mol. The quantitative estimate of drug-likeness (QED) is 0.835. The zero-order valence-electron chi connectivity index (χ0n) is 13.0. The minimum Gasteiger partial charge on any atom is -0.369 e. The van der Waals surface area contributed by atoms with Crippen molar-refractivity contribution in [2.45, 2.75) is 31.3 Å². The number of nitrogens with zero attached hydrogens (tertiary/aromatic N) is 3. The van der Waals surface area contributed by atoms with Crippen molar-refractivity contribution in [2.75, 3.05) is 37.6 Å². The molecule has 3 aliphatic rings. The summed E-state index contributed by atoms with van der Waals surface area (Å²) in [5, 5.41) is 1.18. The van der Waals surface area contributed by atoms with Crippen LogP contribution in [-0.2, 0) is 4.79 Å². The Bertz CT molecular complexity index is 612. The first-order valence-electron chi connectivity index (χ1n) is 8.38. The molecule has 1 atom stereocenters. The van der Waals surface area contributed by atoms with Crippen LogP contribution in [0.2, 0.25) is 10.0 Å². The van der Waals surface area contributed by atoms with Gasteiger partial charge >= 0.3 is 0 Å². The molecule has 23 heavy (non-hydrogen) atoms. The summed E-state index contributed by atoms with van der Waals surface area (Å²) >= 11 is 12.1. The lowest BCUT2D eigenvalue weighted by Gasteiger charge is -2.38. The number of carbonyl (C=O) groups excluding carboxylic acids is 1. The Labute approximate surface area is 146 Å². The van der Waals surface area contributed by atoms with Crippen molar-refractivity contribution >= 4 is 34.8 Å². The highest BCUT2D eigenvalue weighted by molar-refractivity contribution is 6.42. The lowest BCUT2D eigenvalue weighted by Crippen LogP contribution is -2.52. The molecule has 4 nitrogen and oxygen atoms in total. The Kier molecular flexibility index (Phi) is 4.16. The molecule has 1 aromatic carbocycles. The van der Waals surface area contributed by atoms with Gasteiger partial charge in [-0.3, -0.25) is 9.69 Å². The standard InChI is InChI=1S/C17H21Cl2N3O/c18-14-4-3-13(11-15(14)19)20-7-9-21(10-8-20)16-5-6-22(17(16)23)12-1-2-12/h3-4,11-12,16H,1-2,5-10H2. The maximum absolute atomic E-state index is 12.6. The fraction of sp³-hybridized carbons (Fsp3) is 0.588. The first kappa shape index (κ1) is 15.6. The molecule has 4 rings (SSSR count). The summed E-state index contributed by atoms with van der Waals surface area (Å²) in [6.07, 6.45) is 3.38. The average Bonchev–Trinajstić information content (AvgIpc) is 3.33. The van der Waals surface area contributed by atoms with E-state index in [2.05, 4.69) is 14.7 Å². The molecule has 1 saturated carbocycles. The van der Waals surface area contributed by atoms with Gasteiger partial charge < -0.3 is 9.80 Å². The highest BCUT2D eigenvalue weighted by Gasteiger charge is 2.43. The fourth-order valence-corrected chi connectivity index (χ4v) is 4.04. The molecular formula is C17H21Cl2N3O. The van der Waals surface area contributed by atoms with E-state index < -0.39 is 0 Å². The minimum absolute atomic E-state index is 0.103. The van der Waals surface area contributed by atoms with Crippen LogP contribution in [0.15, 0.2) is 18.2 Å². The maximum atomic E-state index is 12.6. The third-order valence-corrected chi connectivity index (χ3v) is 5.96. The molecule has 0 aromatic heterocycles. The van der Waals surface area contributed by atoms with Crippen LogP contribution in [0.5, 0.6) is 0 Å². The number of amides is 1. The van der Waals surface area contributed by atoms with E-state index in [0.717, 1.165) is 44.8 Å². The largest absolute Gasteiger partial charge is 0.369 e. The summed E-state index contributed by atoms with van der Waals surface area (Å²) < 4.78 is 0. The van der Waals surface area contributed by atoms with Gasteiger partial charge in [-0.1, -0.05) is 23.2 Å². The topological polar surface area (TPSA) is 26.8 Å². The molecule has 0 bridgehead atoms. The van der Waals surface area contributed by atoms with Crippen LogP contribution in [0.4, 0.5) is 5.69 Å². The van der Waals surface area contributed by atoms with E-state index in [1.165, 1.54) is 12.8 Å². The number of hydrogen-bond donors (Lipinski definition) is 0. The Hall–Kier alpha value is -0.970. The van der Waals surface area contributed by atoms with Crippen LogP contribution < -0.4 is 4.90 Å². The molecule has 1 unspecified atom stereocenters. The molecule has 6 heteroatoms. The van der Waals surface area contributed by atoms with E-state index in [0.29, 0.717) is 22.0 Å². The average molecular weight is 354 g/mol. The molecule has 3 fully saturated rings. The lowest BCUT2D eigenvalue weighted by atomic mass is 10.1. The number of rotatable bonds is 3. The number of benzene rings is 1. The smallest absolute Gasteiger partial charge is 0.240 e. The highest BCUT2D eigenvalue weighted by atomic mass is 35.5. The molecule has 1 aromatic rings. The highest BCUT2D eigenvalue weighted by Crippen LogP contribution is 2.33. The molecule has 2 aliphatic heterocycles. The summed E-state index contributed by atoms with van der Waals surface area (Å²) in [5.74, 6) is 0.357. The second kappa shape index (κ2) is 6.15. The van der Waals surface area contributed by atoms with Gasteiger partial charge in [-0.15, -0.1) is 0 Å². The zero-order chi connectivity index (χ0) is 16.0. The van der Waals surface area contributed by atoms with Crippen LogP contribution in [0, 0.1) is 0 Å². The second-order valence-electron chi connectivity index (χ2n) is 6.69. The van der Waals surface area contributed by atoms with E-state index in [9.17, 15) is 4.79 Å². The summed E-state index contributed by atoms with van der Waals surface area (Å²) in [5.41, 5.74) is 1.11. The summed E-state index contributed by atoms with van der Waals surface area (Å²) in [7, 11) is 0. The lowest BCUT2D eigenvalue weighted by molar-refractivity contribution is -0.132. The predicted octanol–water partition coefficient (Wildman–Crippen LogP) is 2.88. The van der Waals surface area contributed by atoms with Gasteiger partial charge in [0.2, 0.25) is 5.91 Å². The third kappa shape index (κ3) is 3.04. The van der Waals surface area contributed by atoms with Gasteiger partial charge in [0.05, 0.1) is 16.1 Å². The van der Waals surface area contributed by atoms with Crippen LogP contribution in [0.25, 0.3) is 0 Å². The van der Waals surface area contributed by atoms with Crippen molar-refractivity contribution in [1.29, 1.82) is 0 Å². The van der Waals surface area contributed by atoms with E-state index in [4.69, 9.17) is 23.2 Å². The van der Waals surface area contributed by atoms with Gasteiger partial charge in [0.25, 0.3) is 0 Å². The second-order valence-corrected chi connectivity index (χ2v) is 7.50. The van der Waals surface area contributed by atoms with Crippen molar-refractivity contribution in [3.05, 3.63) is 28.2 Å². The van der Waals surface area contributed by atoms with Gasteiger partial charge in [0.1, 0.15) is 0 Å². The monoisotopic (exact) mass is 353 g/mol. The van der Waals surface area contributed by atoms with Gasteiger partial charge in [-0.2, -0.15) is 0 Å². The Morgan fingerprint density at radius 2 is 1.65 bits per heavy atom. The van der Waals surface area contributed by atoms with Crippen molar-refractivity contribution in [3.63, 3.8) is 0 Å². The molecule has 2 heterocycles. The van der Waals surface area contributed by atoms with E-state index in [1.54, 1.807) is 0 Å². The SMILES string of the molecule is O=C1C(N2CCN(c3ccc(Cl)c(Cl)c3)CC2)CCN1C1CC1. The zero-order valence-corrected chi connectivity index (χ0v) is 14.6. The molecule has 0 radical (unpaired) electrons. The van der Waals surface area contributed by atoms with Crippen molar-refractivity contribution in [1.82, 2.24) is 9.80 Å². The number of hydrogen-bond acceptors (Lipinski definition) is 3. The summed E-state index contributed by atoms with van der Waals surface area (Å²) in [4.78, 5) is 19.3. The Balaban J connectivity index is 1.37. The Morgan fingerprint density at radius 3 is 2.30 bits per heavy atom. The number of anilines is 1. The number of likely N-dealkylation sites (tertiary alicyclic amines) is 1. The first-order valence-corrected chi connectivity index (χ1v) is 9.13. The van der Waals surface area contributed by atoms with Crippen LogP contribution in [-0.4, -0.2) is 60.5 Å². The number of piperazine rings is 1. The van der Waals surface area contributed by atoms with Crippen LogP contribution in [0.3, 0.4) is 0 Å². The fourth-order valence-electron chi connectivity index (χ4n) is 3.75. The normalized spacial score (nSPS) is 26.2. The van der Waals surface area contributed by atoms with Crippen molar-refractivity contribution in [3.8, 4) is 0 Å². The van der Waals surface area contributed by atoms with Gasteiger partial charge in [-0.25, -0.2) is 0 Å². The first-order chi connectivity index (χ1) is 11.1. The van der Waals surface area contributed by atoms with Crippen molar-refractivity contribution < 1.29 is 4.79 Å². The molecule has 1 amide bonds.